The normalized spacial score (nSPS) is 16.6. The van der Waals surface area contributed by atoms with Crippen LogP contribution < -0.4 is 5.32 Å². The van der Waals surface area contributed by atoms with Gasteiger partial charge in [0, 0.05) is 11.8 Å². The van der Waals surface area contributed by atoms with E-state index in [1.807, 2.05) is 0 Å². The summed E-state index contributed by atoms with van der Waals surface area (Å²) in [7, 11) is 0. The fraction of sp³-hybridized carbons (Fsp3) is 0.125. The Morgan fingerprint density at radius 2 is 2.14 bits per heavy atom. The van der Waals surface area contributed by atoms with Crippen LogP contribution >= 0.6 is 0 Å². The summed E-state index contributed by atoms with van der Waals surface area (Å²) < 4.78 is 18.3. The van der Waals surface area contributed by atoms with Crippen molar-refractivity contribution in [2.24, 2.45) is 0 Å². The quantitative estimate of drug-likeness (QED) is 0.817. The van der Waals surface area contributed by atoms with Gasteiger partial charge in [-0.1, -0.05) is 24.0 Å². The van der Waals surface area contributed by atoms with E-state index in [9.17, 15) is 9.18 Å². The van der Waals surface area contributed by atoms with Crippen LogP contribution in [0.5, 0.6) is 0 Å². The summed E-state index contributed by atoms with van der Waals surface area (Å²) in [6, 6.07) is 9.56. The van der Waals surface area contributed by atoms with Crippen LogP contribution in [0.15, 0.2) is 42.6 Å². The average molecular weight is 282 g/mol. The van der Waals surface area contributed by atoms with Crippen LogP contribution in [0, 0.1) is 17.7 Å². The standard InChI is InChI=1S/C16H11FN2O2/c17-13-4-2-1-3-12(13)6-5-11-7-8-18-14(9-11)15-10-21-16(20)19-15/h1-4,7-9,15H,10H2,(H,19,20)/t15-/m0/s1. The van der Waals surface area contributed by atoms with Gasteiger partial charge in [-0.2, -0.15) is 0 Å². The van der Waals surface area contributed by atoms with Gasteiger partial charge in [0.05, 0.1) is 11.3 Å². The molecule has 4 nitrogen and oxygen atoms in total. The molecular formula is C16H11FN2O2. The minimum absolute atomic E-state index is 0.246. The highest BCUT2D eigenvalue weighted by Crippen LogP contribution is 2.16. The summed E-state index contributed by atoms with van der Waals surface area (Å²) >= 11 is 0. The number of nitrogens with zero attached hydrogens (tertiary/aromatic N) is 1. The third-order valence-electron chi connectivity index (χ3n) is 3.03. The van der Waals surface area contributed by atoms with Gasteiger partial charge in [-0.05, 0) is 24.3 Å². The number of aromatic nitrogens is 1. The Morgan fingerprint density at radius 1 is 1.29 bits per heavy atom. The Hall–Kier alpha value is -2.87. The van der Waals surface area contributed by atoms with E-state index in [0.717, 1.165) is 0 Å². The molecule has 1 aliphatic heterocycles. The number of rotatable bonds is 1. The van der Waals surface area contributed by atoms with Crippen LogP contribution in [0.2, 0.25) is 0 Å². The number of ether oxygens (including phenoxy) is 1. The second-order valence-electron chi connectivity index (χ2n) is 4.49. The molecule has 1 fully saturated rings. The van der Waals surface area contributed by atoms with Gasteiger partial charge in [-0.25, -0.2) is 9.18 Å². The molecule has 1 aliphatic rings. The number of hydrogen-bond acceptors (Lipinski definition) is 3. The van der Waals surface area contributed by atoms with Crippen molar-refractivity contribution < 1.29 is 13.9 Å². The SMILES string of the molecule is O=C1N[C@H](c2cc(C#Cc3ccccc3F)ccn2)CO1. The number of hydrogen-bond donors (Lipinski definition) is 1. The van der Waals surface area contributed by atoms with Crippen molar-refractivity contribution >= 4 is 6.09 Å². The van der Waals surface area contributed by atoms with E-state index in [-0.39, 0.29) is 18.5 Å². The van der Waals surface area contributed by atoms with Crippen LogP contribution in [-0.2, 0) is 4.74 Å². The summed E-state index contributed by atoms with van der Waals surface area (Å²) in [5.41, 5.74) is 1.71. The number of halogens is 1. The number of alkyl carbamates (subject to hydrolysis) is 1. The van der Waals surface area contributed by atoms with Crippen LogP contribution in [0.4, 0.5) is 9.18 Å². The second-order valence-corrected chi connectivity index (χ2v) is 4.49. The second kappa shape index (κ2) is 5.63. The van der Waals surface area contributed by atoms with Gasteiger partial charge < -0.3 is 10.1 Å². The Balaban J connectivity index is 1.84. The molecule has 0 unspecified atom stereocenters. The number of benzene rings is 1. The molecule has 1 saturated heterocycles. The minimum atomic E-state index is -0.454. The maximum atomic E-state index is 13.5. The molecule has 2 aromatic rings. The van der Waals surface area contributed by atoms with E-state index >= 15 is 0 Å². The number of carbonyl (C=O) groups is 1. The summed E-state index contributed by atoms with van der Waals surface area (Å²) in [4.78, 5) is 15.2. The molecule has 2 heterocycles. The molecule has 0 saturated carbocycles. The molecule has 1 amide bonds. The molecule has 0 bridgehead atoms. The van der Waals surface area contributed by atoms with Crippen molar-refractivity contribution in [3.8, 4) is 11.8 Å². The van der Waals surface area contributed by atoms with Crippen molar-refractivity contribution in [2.75, 3.05) is 6.61 Å². The van der Waals surface area contributed by atoms with E-state index in [1.165, 1.54) is 6.07 Å². The Kier molecular flexibility index (Phi) is 3.52. The maximum absolute atomic E-state index is 13.5. The van der Waals surface area contributed by atoms with E-state index in [2.05, 4.69) is 22.1 Å². The zero-order valence-corrected chi connectivity index (χ0v) is 11.0. The Morgan fingerprint density at radius 3 is 2.90 bits per heavy atom. The first kappa shape index (κ1) is 13.1. The lowest BCUT2D eigenvalue weighted by Crippen LogP contribution is -2.19. The molecule has 0 radical (unpaired) electrons. The maximum Gasteiger partial charge on any atom is 0.407 e. The molecule has 1 aromatic heterocycles. The lowest BCUT2D eigenvalue weighted by molar-refractivity contribution is 0.177. The third kappa shape index (κ3) is 3.00. The number of nitrogens with one attached hydrogen (secondary N) is 1. The van der Waals surface area contributed by atoms with Crippen LogP contribution in [-0.4, -0.2) is 17.7 Å². The molecule has 104 valence electrons. The van der Waals surface area contributed by atoms with Gasteiger partial charge in [0.25, 0.3) is 0 Å². The van der Waals surface area contributed by atoms with Gasteiger partial charge in [0.1, 0.15) is 18.5 Å². The highest BCUT2D eigenvalue weighted by atomic mass is 19.1. The molecule has 3 rings (SSSR count). The van der Waals surface area contributed by atoms with E-state index < -0.39 is 6.09 Å². The van der Waals surface area contributed by atoms with Crippen LogP contribution in [0.25, 0.3) is 0 Å². The van der Waals surface area contributed by atoms with Crippen molar-refractivity contribution in [1.82, 2.24) is 10.3 Å². The van der Waals surface area contributed by atoms with E-state index in [0.29, 0.717) is 16.8 Å². The predicted octanol–water partition coefficient (Wildman–Crippen LogP) is 2.40. The fourth-order valence-electron chi connectivity index (χ4n) is 1.96. The Bertz CT molecular complexity index is 749. The zero-order chi connectivity index (χ0) is 14.7. The summed E-state index contributed by atoms with van der Waals surface area (Å²) in [6.07, 6.45) is 1.15. The summed E-state index contributed by atoms with van der Waals surface area (Å²) in [5.74, 6) is 5.33. The lowest BCUT2D eigenvalue weighted by atomic mass is 10.1. The third-order valence-corrected chi connectivity index (χ3v) is 3.03. The topological polar surface area (TPSA) is 51.2 Å². The molecule has 1 atom stereocenters. The molecule has 0 aliphatic carbocycles. The van der Waals surface area contributed by atoms with Crippen LogP contribution in [0.3, 0.4) is 0 Å². The smallest absolute Gasteiger partial charge is 0.407 e. The monoisotopic (exact) mass is 282 g/mol. The van der Waals surface area contributed by atoms with Crippen molar-refractivity contribution in [2.45, 2.75) is 6.04 Å². The van der Waals surface area contributed by atoms with Crippen LogP contribution in [0.1, 0.15) is 22.9 Å². The summed E-state index contributed by atoms with van der Waals surface area (Å²) in [6.45, 7) is 0.246. The largest absolute Gasteiger partial charge is 0.447 e. The summed E-state index contributed by atoms with van der Waals surface area (Å²) in [5, 5.41) is 2.65. The van der Waals surface area contributed by atoms with Gasteiger partial charge in [-0.3, -0.25) is 4.98 Å². The highest BCUT2D eigenvalue weighted by molar-refractivity contribution is 5.69. The number of amides is 1. The molecule has 1 N–H and O–H groups in total. The first-order valence-corrected chi connectivity index (χ1v) is 6.38. The number of pyridine rings is 1. The predicted molar refractivity (Wildman–Crippen MR) is 73.8 cm³/mol. The van der Waals surface area contributed by atoms with Crippen molar-refractivity contribution in [1.29, 1.82) is 0 Å². The lowest BCUT2D eigenvalue weighted by Gasteiger charge is -2.06. The Labute approximate surface area is 121 Å². The zero-order valence-electron chi connectivity index (χ0n) is 11.0. The first-order chi connectivity index (χ1) is 10.2. The highest BCUT2D eigenvalue weighted by Gasteiger charge is 2.24. The van der Waals surface area contributed by atoms with E-state index in [1.54, 1.807) is 36.5 Å². The van der Waals surface area contributed by atoms with Gasteiger partial charge >= 0.3 is 6.09 Å². The molecule has 5 heteroatoms. The van der Waals surface area contributed by atoms with Gasteiger partial charge in [-0.15, -0.1) is 0 Å². The van der Waals surface area contributed by atoms with Gasteiger partial charge in [0.2, 0.25) is 0 Å². The number of carbonyl (C=O) groups excluding carboxylic acids is 1. The van der Waals surface area contributed by atoms with Gasteiger partial charge in [0.15, 0.2) is 0 Å². The van der Waals surface area contributed by atoms with Crippen molar-refractivity contribution in [3.63, 3.8) is 0 Å². The molecular weight excluding hydrogens is 271 g/mol. The first-order valence-electron chi connectivity index (χ1n) is 6.38. The molecule has 0 spiro atoms. The average Bonchev–Trinajstić information content (AvgIpc) is 2.93. The van der Waals surface area contributed by atoms with E-state index in [4.69, 9.17) is 4.74 Å². The van der Waals surface area contributed by atoms with Crippen molar-refractivity contribution in [3.05, 3.63) is 65.2 Å². The minimum Gasteiger partial charge on any atom is -0.447 e. The fourth-order valence-corrected chi connectivity index (χ4v) is 1.96. The molecule has 1 aromatic carbocycles. The molecule has 21 heavy (non-hydrogen) atoms. The number of cyclic esters (lactones) is 1.